The van der Waals surface area contributed by atoms with Crippen LogP contribution in [-0.2, 0) is 9.53 Å². The topological polar surface area (TPSA) is 46.6 Å². The van der Waals surface area contributed by atoms with Crippen molar-refractivity contribution in [3.63, 3.8) is 0 Å². The Morgan fingerprint density at radius 2 is 1.96 bits per heavy atom. The monoisotopic (exact) mass is 371 g/mol. The van der Waals surface area contributed by atoms with Crippen molar-refractivity contribution in [1.82, 2.24) is 4.90 Å². The van der Waals surface area contributed by atoms with Crippen molar-refractivity contribution in [3.8, 4) is 0 Å². The minimum absolute atomic E-state index is 0.156. The van der Waals surface area contributed by atoms with Gasteiger partial charge in [-0.3, -0.25) is 4.79 Å². The van der Waals surface area contributed by atoms with Gasteiger partial charge in [0, 0.05) is 28.2 Å². The predicted molar refractivity (Wildman–Crippen MR) is 92.5 cm³/mol. The van der Waals surface area contributed by atoms with Gasteiger partial charge in [0.1, 0.15) is 4.88 Å². The van der Waals surface area contributed by atoms with E-state index in [1.165, 1.54) is 11.3 Å². The number of fused-ring (bicyclic) bond motifs is 1. The number of carbonyl (C=O) groups is 2. The third kappa shape index (κ3) is 3.32. The van der Waals surface area contributed by atoms with Crippen molar-refractivity contribution >= 4 is 56.5 Å². The van der Waals surface area contributed by atoms with Crippen LogP contribution in [0.25, 0.3) is 10.1 Å². The Morgan fingerprint density at radius 3 is 2.65 bits per heavy atom. The smallest absolute Gasteiger partial charge is 0.350 e. The number of amides is 1. The minimum Gasteiger partial charge on any atom is -0.448 e. The molecular weight excluding hydrogens is 357 g/mol. The van der Waals surface area contributed by atoms with Crippen molar-refractivity contribution in [2.24, 2.45) is 0 Å². The summed E-state index contributed by atoms with van der Waals surface area (Å²) in [5, 5.41) is 1.67. The number of thiophene rings is 1. The van der Waals surface area contributed by atoms with Crippen LogP contribution < -0.4 is 0 Å². The van der Waals surface area contributed by atoms with E-state index in [1.807, 2.05) is 0 Å². The van der Waals surface area contributed by atoms with Crippen LogP contribution in [-0.4, -0.2) is 36.0 Å². The lowest BCUT2D eigenvalue weighted by molar-refractivity contribution is -0.138. The number of nitrogens with zero attached hydrogens (tertiary/aromatic N) is 1. The maximum Gasteiger partial charge on any atom is 0.350 e. The molecule has 1 aromatic carbocycles. The molecule has 23 heavy (non-hydrogen) atoms. The molecule has 0 radical (unpaired) electrons. The summed E-state index contributed by atoms with van der Waals surface area (Å²) >= 11 is 13.4. The van der Waals surface area contributed by atoms with Gasteiger partial charge in [0.2, 0.25) is 0 Å². The van der Waals surface area contributed by atoms with Gasteiger partial charge < -0.3 is 9.64 Å². The molecule has 1 fully saturated rings. The summed E-state index contributed by atoms with van der Waals surface area (Å²) in [4.78, 5) is 26.6. The molecule has 1 aliphatic rings. The molecule has 1 aromatic heterocycles. The van der Waals surface area contributed by atoms with Crippen LogP contribution in [0.1, 0.15) is 29.4 Å². The van der Waals surface area contributed by atoms with E-state index < -0.39 is 12.1 Å². The number of halogens is 2. The lowest BCUT2D eigenvalue weighted by atomic mass is 10.2. The van der Waals surface area contributed by atoms with Crippen molar-refractivity contribution in [2.75, 3.05) is 13.1 Å². The fourth-order valence-electron chi connectivity index (χ4n) is 2.63. The predicted octanol–water partition coefficient (Wildman–Crippen LogP) is 4.38. The SMILES string of the molecule is C[C@@H](OC(=O)c1sc2cc(Cl)ccc2c1Cl)C(=O)N1CCCC1. The average Bonchev–Trinajstić information content (AvgIpc) is 3.14. The summed E-state index contributed by atoms with van der Waals surface area (Å²) in [6.45, 7) is 3.04. The first-order chi connectivity index (χ1) is 11.0. The van der Waals surface area contributed by atoms with E-state index in [2.05, 4.69) is 0 Å². The Labute approximate surface area is 147 Å². The summed E-state index contributed by atoms with van der Waals surface area (Å²) in [6, 6.07) is 5.24. The zero-order valence-corrected chi connectivity index (χ0v) is 14.8. The standard InChI is InChI=1S/C16H15Cl2NO3S/c1-9(15(20)19-6-2-3-7-19)22-16(21)14-13(18)11-5-4-10(17)8-12(11)23-14/h4-5,8-9H,2-3,6-7H2,1H3/t9-/m1/s1. The second-order valence-corrected chi connectivity index (χ2v) is 7.33. The van der Waals surface area contributed by atoms with Gasteiger partial charge in [-0.05, 0) is 31.9 Å². The highest BCUT2D eigenvalue weighted by Crippen LogP contribution is 2.37. The van der Waals surface area contributed by atoms with Crippen LogP contribution in [0, 0.1) is 0 Å². The summed E-state index contributed by atoms with van der Waals surface area (Å²) in [5.41, 5.74) is 0. The van der Waals surface area contributed by atoms with Gasteiger partial charge in [-0.15, -0.1) is 11.3 Å². The summed E-state index contributed by atoms with van der Waals surface area (Å²) in [7, 11) is 0. The maximum absolute atomic E-state index is 12.3. The highest BCUT2D eigenvalue weighted by atomic mass is 35.5. The Morgan fingerprint density at radius 1 is 1.26 bits per heavy atom. The largest absolute Gasteiger partial charge is 0.448 e. The van der Waals surface area contributed by atoms with E-state index in [-0.39, 0.29) is 5.91 Å². The first-order valence-corrected chi connectivity index (χ1v) is 8.92. The van der Waals surface area contributed by atoms with Crippen molar-refractivity contribution in [1.29, 1.82) is 0 Å². The molecule has 0 bridgehead atoms. The highest BCUT2D eigenvalue weighted by Gasteiger charge is 2.28. The molecule has 0 unspecified atom stereocenters. The minimum atomic E-state index is -0.814. The van der Waals surface area contributed by atoms with E-state index >= 15 is 0 Å². The first kappa shape index (κ1) is 16.6. The molecule has 2 aromatic rings. The highest BCUT2D eigenvalue weighted by molar-refractivity contribution is 7.21. The molecule has 0 spiro atoms. The van der Waals surface area contributed by atoms with E-state index in [9.17, 15) is 9.59 Å². The molecule has 122 valence electrons. The number of hydrogen-bond donors (Lipinski definition) is 0. The van der Waals surface area contributed by atoms with Crippen LogP contribution in [0.3, 0.4) is 0 Å². The number of esters is 1. The average molecular weight is 372 g/mol. The number of likely N-dealkylation sites (tertiary alicyclic amines) is 1. The molecular formula is C16H15Cl2NO3S. The Hall–Kier alpha value is -1.30. The molecule has 0 saturated carbocycles. The van der Waals surface area contributed by atoms with Crippen LogP contribution in [0.15, 0.2) is 18.2 Å². The van der Waals surface area contributed by atoms with Crippen LogP contribution in [0.4, 0.5) is 0 Å². The van der Waals surface area contributed by atoms with Crippen molar-refractivity contribution in [3.05, 3.63) is 33.1 Å². The van der Waals surface area contributed by atoms with E-state index in [0.717, 1.165) is 36.0 Å². The van der Waals surface area contributed by atoms with E-state index in [0.29, 0.717) is 14.9 Å². The lowest BCUT2D eigenvalue weighted by Gasteiger charge is -2.20. The van der Waals surface area contributed by atoms with Gasteiger partial charge in [-0.25, -0.2) is 4.79 Å². The summed E-state index contributed by atoms with van der Waals surface area (Å²) in [5.74, 6) is -0.733. The molecule has 2 heterocycles. The Kier molecular flexibility index (Phi) is 4.80. The van der Waals surface area contributed by atoms with Gasteiger partial charge in [-0.2, -0.15) is 0 Å². The second-order valence-electron chi connectivity index (χ2n) is 5.47. The second kappa shape index (κ2) is 6.67. The van der Waals surface area contributed by atoms with Crippen LogP contribution in [0.2, 0.25) is 10.0 Å². The number of benzene rings is 1. The number of hydrogen-bond acceptors (Lipinski definition) is 4. The Balaban J connectivity index is 1.77. The van der Waals surface area contributed by atoms with Gasteiger partial charge in [-0.1, -0.05) is 29.3 Å². The van der Waals surface area contributed by atoms with E-state index in [1.54, 1.807) is 30.0 Å². The fourth-order valence-corrected chi connectivity index (χ4v) is 4.30. The Bertz CT molecular complexity index is 768. The molecule has 7 heteroatoms. The lowest BCUT2D eigenvalue weighted by Crippen LogP contribution is -2.38. The number of carbonyl (C=O) groups excluding carboxylic acids is 2. The molecule has 1 aliphatic heterocycles. The summed E-state index contributed by atoms with van der Waals surface area (Å²) in [6.07, 6.45) is 1.18. The first-order valence-electron chi connectivity index (χ1n) is 7.34. The van der Waals surface area contributed by atoms with Gasteiger partial charge >= 0.3 is 5.97 Å². The van der Waals surface area contributed by atoms with Gasteiger partial charge in [0.25, 0.3) is 5.91 Å². The third-order valence-corrected chi connectivity index (χ3v) is 5.70. The normalized spacial score (nSPS) is 15.9. The maximum atomic E-state index is 12.3. The van der Waals surface area contributed by atoms with Crippen LogP contribution >= 0.6 is 34.5 Å². The third-order valence-electron chi connectivity index (χ3n) is 3.83. The zero-order valence-electron chi connectivity index (χ0n) is 12.5. The molecule has 1 amide bonds. The number of rotatable bonds is 3. The molecule has 1 saturated heterocycles. The molecule has 0 aliphatic carbocycles. The fraction of sp³-hybridized carbons (Fsp3) is 0.375. The van der Waals surface area contributed by atoms with Gasteiger partial charge in [0.15, 0.2) is 6.10 Å². The summed E-state index contributed by atoms with van der Waals surface area (Å²) < 4.78 is 6.13. The molecule has 0 N–H and O–H groups in total. The zero-order chi connectivity index (χ0) is 16.6. The van der Waals surface area contributed by atoms with Gasteiger partial charge in [0.05, 0.1) is 5.02 Å². The van der Waals surface area contributed by atoms with Crippen molar-refractivity contribution < 1.29 is 14.3 Å². The van der Waals surface area contributed by atoms with Crippen molar-refractivity contribution in [2.45, 2.75) is 25.9 Å². The molecule has 4 nitrogen and oxygen atoms in total. The van der Waals surface area contributed by atoms with Crippen LogP contribution in [0.5, 0.6) is 0 Å². The number of ether oxygens (including phenoxy) is 1. The molecule has 3 rings (SSSR count). The quantitative estimate of drug-likeness (QED) is 0.752. The van der Waals surface area contributed by atoms with E-state index in [4.69, 9.17) is 27.9 Å². The molecule has 1 atom stereocenters.